The predicted molar refractivity (Wildman–Crippen MR) is 115 cm³/mol. The van der Waals surface area contributed by atoms with Crippen molar-refractivity contribution in [1.82, 2.24) is 20.4 Å². The summed E-state index contributed by atoms with van der Waals surface area (Å²) in [5.41, 5.74) is 5.11. The number of carbonyl (C=O) groups is 1. The normalized spacial score (nSPS) is 10.8. The molecule has 0 bridgehead atoms. The lowest BCUT2D eigenvalue weighted by molar-refractivity contribution is 0.0953. The van der Waals surface area contributed by atoms with Gasteiger partial charge >= 0.3 is 0 Å². The van der Waals surface area contributed by atoms with Crippen LogP contribution in [-0.2, 0) is 0 Å². The highest BCUT2D eigenvalue weighted by molar-refractivity contribution is 5.94. The first-order valence-corrected chi connectivity index (χ1v) is 9.20. The SMILES string of the molecule is O=C(N/N=C/c1cccc(-c2ccccc2)c1)c1cnc(-c2ccccn2)[nH]c1=O. The number of amides is 1. The maximum absolute atomic E-state index is 12.3. The van der Waals surface area contributed by atoms with Crippen LogP contribution in [0.1, 0.15) is 15.9 Å². The minimum absolute atomic E-state index is 0.134. The molecule has 2 aromatic carbocycles. The number of aromatic nitrogens is 3. The molecule has 4 rings (SSSR count). The molecule has 0 fully saturated rings. The summed E-state index contributed by atoms with van der Waals surface area (Å²) in [6, 6.07) is 23.0. The summed E-state index contributed by atoms with van der Waals surface area (Å²) in [6.45, 7) is 0. The van der Waals surface area contributed by atoms with E-state index in [9.17, 15) is 9.59 Å². The van der Waals surface area contributed by atoms with Crippen molar-refractivity contribution in [3.63, 3.8) is 0 Å². The Kier molecular flexibility index (Phi) is 5.52. The highest BCUT2D eigenvalue weighted by atomic mass is 16.2. The highest BCUT2D eigenvalue weighted by Crippen LogP contribution is 2.19. The molecular weight excluding hydrogens is 378 g/mol. The molecule has 0 atom stereocenters. The largest absolute Gasteiger partial charge is 0.305 e. The van der Waals surface area contributed by atoms with Crippen molar-refractivity contribution in [2.24, 2.45) is 5.10 Å². The van der Waals surface area contributed by atoms with Crippen LogP contribution in [0.5, 0.6) is 0 Å². The Hall–Kier alpha value is -4.39. The number of carbonyl (C=O) groups excluding carboxylic acids is 1. The molecule has 2 heterocycles. The number of hydrogen-bond acceptors (Lipinski definition) is 5. The molecular formula is C23H17N5O2. The van der Waals surface area contributed by atoms with E-state index in [4.69, 9.17) is 0 Å². The third-order valence-corrected chi connectivity index (χ3v) is 4.32. The van der Waals surface area contributed by atoms with Gasteiger partial charge in [-0.25, -0.2) is 10.4 Å². The monoisotopic (exact) mass is 395 g/mol. The fourth-order valence-corrected chi connectivity index (χ4v) is 2.84. The average Bonchev–Trinajstić information content (AvgIpc) is 2.80. The maximum Gasteiger partial charge on any atom is 0.278 e. The zero-order valence-corrected chi connectivity index (χ0v) is 15.8. The molecule has 0 spiro atoms. The standard InChI is InChI=1S/C23H17N5O2/c29-22-19(15-25-21(27-22)20-11-4-5-12-24-20)23(30)28-26-14-16-7-6-10-18(13-16)17-8-2-1-3-9-17/h1-15H,(H,28,30)(H,25,27,29)/b26-14+. The Morgan fingerprint density at radius 1 is 0.933 bits per heavy atom. The molecule has 0 unspecified atom stereocenters. The van der Waals surface area contributed by atoms with E-state index in [1.807, 2.05) is 54.6 Å². The second kappa shape index (κ2) is 8.74. The third kappa shape index (κ3) is 4.36. The number of benzene rings is 2. The van der Waals surface area contributed by atoms with Gasteiger partial charge in [-0.05, 0) is 34.9 Å². The van der Waals surface area contributed by atoms with E-state index in [0.29, 0.717) is 11.5 Å². The van der Waals surface area contributed by atoms with E-state index < -0.39 is 11.5 Å². The number of aromatic amines is 1. The van der Waals surface area contributed by atoms with E-state index in [-0.39, 0.29) is 5.56 Å². The number of nitrogens with zero attached hydrogens (tertiary/aromatic N) is 3. The zero-order chi connectivity index (χ0) is 20.8. The van der Waals surface area contributed by atoms with E-state index in [2.05, 4.69) is 25.5 Å². The first-order valence-electron chi connectivity index (χ1n) is 9.20. The zero-order valence-electron chi connectivity index (χ0n) is 15.8. The van der Waals surface area contributed by atoms with Gasteiger partial charge in [0.25, 0.3) is 11.5 Å². The molecule has 7 nitrogen and oxygen atoms in total. The molecule has 0 aliphatic carbocycles. The fraction of sp³-hybridized carbons (Fsp3) is 0. The summed E-state index contributed by atoms with van der Waals surface area (Å²) >= 11 is 0. The van der Waals surface area contributed by atoms with Gasteiger partial charge in [-0.2, -0.15) is 5.10 Å². The van der Waals surface area contributed by atoms with E-state index in [1.165, 1.54) is 12.4 Å². The molecule has 0 aliphatic rings. The van der Waals surface area contributed by atoms with E-state index in [0.717, 1.165) is 16.7 Å². The van der Waals surface area contributed by atoms with Gasteiger partial charge in [0.2, 0.25) is 0 Å². The van der Waals surface area contributed by atoms with Gasteiger partial charge in [0.15, 0.2) is 5.82 Å². The molecule has 146 valence electrons. The summed E-state index contributed by atoms with van der Waals surface area (Å²) in [5.74, 6) is -0.356. The summed E-state index contributed by atoms with van der Waals surface area (Å²) < 4.78 is 0. The first kappa shape index (κ1) is 18.9. The fourth-order valence-electron chi connectivity index (χ4n) is 2.84. The van der Waals surface area contributed by atoms with Crippen molar-refractivity contribution in [3.8, 4) is 22.6 Å². The van der Waals surface area contributed by atoms with Crippen LogP contribution in [0.3, 0.4) is 0 Å². The molecule has 0 saturated carbocycles. The predicted octanol–water partition coefficient (Wildman–Crippen LogP) is 3.26. The molecule has 0 aliphatic heterocycles. The van der Waals surface area contributed by atoms with Gasteiger partial charge < -0.3 is 4.98 Å². The van der Waals surface area contributed by atoms with Crippen molar-refractivity contribution in [2.75, 3.05) is 0 Å². The number of rotatable bonds is 5. The number of hydrazone groups is 1. The summed E-state index contributed by atoms with van der Waals surface area (Å²) in [7, 11) is 0. The summed E-state index contributed by atoms with van der Waals surface area (Å²) in [6.07, 6.45) is 4.33. The minimum atomic E-state index is -0.646. The Bertz CT molecular complexity index is 1250. The molecule has 7 heteroatoms. The van der Waals surface area contributed by atoms with Gasteiger partial charge in [-0.15, -0.1) is 0 Å². The second-order valence-electron chi connectivity index (χ2n) is 6.38. The number of hydrogen-bond donors (Lipinski definition) is 2. The lowest BCUT2D eigenvalue weighted by Gasteiger charge is -2.03. The first-order chi connectivity index (χ1) is 14.7. The van der Waals surface area contributed by atoms with Crippen LogP contribution in [0.15, 0.2) is 95.1 Å². The van der Waals surface area contributed by atoms with Gasteiger partial charge in [0.1, 0.15) is 11.3 Å². The molecule has 1 amide bonds. The van der Waals surface area contributed by atoms with Crippen LogP contribution < -0.4 is 11.0 Å². The quantitative estimate of drug-likeness (QED) is 0.400. The Labute approximate surface area is 172 Å². The highest BCUT2D eigenvalue weighted by Gasteiger charge is 2.12. The van der Waals surface area contributed by atoms with Crippen LogP contribution in [0.4, 0.5) is 0 Å². The summed E-state index contributed by atoms with van der Waals surface area (Å²) in [4.78, 5) is 35.3. The van der Waals surface area contributed by atoms with Gasteiger partial charge in [-0.3, -0.25) is 14.6 Å². The lowest BCUT2D eigenvalue weighted by Crippen LogP contribution is -2.27. The van der Waals surface area contributed by atoms with Crippen LogP contribution in [0.25, 0.3) is 22.6 Å². The van der Waals surface area contributed by atoms with Crippen LogP contribution in [-0.4, -0.2) is 27.1 Å². The molecule has 2 aromatic heterocycles. The van der Waals surface area contributed by atoms with Crippen LogP contribution in [0, 0.1) is 0 Å². The maximum atomic E-state index is 12.3. The molecule has 2 N–H and O–H groups in total. The topological polar surface area (TPSA) is 100 Å². The van der Waals surface area contributed by atoms with Crippen molar-refractivity contribution in [2.45, 2.75) is 0 Å². The van der Waals surface area contributed by atoms with Gasteiger partial charge in [0.05, 0.1) is 6.21 Å². The van der Waals surface area contributed by atoms with Crippen molar-refractivity contribution in [1.29, 1.82) is 0 Å². The van der Waals surface area contributed by atoms with Crippen molar-refractivity contribution < 1.29 is 4.79 Å². The van der Waals surface area contributed by atoms with Crippen molar-refractivity contribution in [3.05, 3.63) is 107 Å². The lowest BCUT2D eigenvalue weighted by atomic mass is 10.0. The molecule has 0 radical (unpaired) electrons. The second-order valence-corrected chi connectivity index (χ2v) is 6.38. The Morgan fingerprint density at radius 2 is 1.73 bits per heavy atom. The summed E-state index contributed by atoms with van der Waals surface area (Å²) in [5, 5.41) is 3.96. The third-order valence-electron chi connectivity index (χ3n) is 4.32. The smallest absolute Gasteiger partial charge is 0.278 e. The minimum Gasteiger partial charge on any atom is -0.305 e. The van der Waals surface area contributed by atoms with Crippen molar-refractivity contribution >= 4 is 12.1 Å². The molecule has 0 saturated heterocycles. The van der Waals surface area contributed by atoms with E-state index in [1.54, 1.807) is 24.4 Å². The average molecular weight is 395 g/mol. The Balaban J connectivity index is 1.46. The van der Waals surface area contributed by atoms with E-state index >= 15 is 0 Å². The number of nitrogens with one attached hydrogen (secondary N) is 2. The van der Waals surface area contributed by atoms with Crippen LogP contribution in [0.2, 0.25) is 0 Å². The van der Waals surface area contributed by atoms with Gasteiger partial charge in [-0.1, -0.05) is 54.6 Å². The molecule has 30 heavy (non-hydrogen) atoms. The number of H-pyrrole nitrogens is 1. The molecule has 4 aromatic rings. The Morgan fingerprint density at radius 3 is 2.50 bits per heavy atom. The van der Waals surface area contributed by atoms with Gasteiger partial charge in [0, 0.05) is 12.4 Å². The number of pyridine rings is 1. The van der Waals surface area contributed by atoms with Crippen LogP contribution >= 0.6 is 0 Å².